The summed E-state index contributed by atoms with van der Waals surface area (Å²) < 4.78 is 0. The summed E-state index contributed by atoms with van der Waals surface area (Å²) in [4.78, 5) is 32.8. The van der Waals surface area contributed by atoms with Gasteiger partial charge in [0, 0.05) is 34.7 Å². The van der Waals surface area contributed by atoms with Gasteiger partial charge in [0.1, 0.15) is 5.54 Å². The Bertz CT molecular complexity index is 803. The van der Waals surface area contributed by atoms with E-state index in [4.69, 9.17) is 0 Å². The highest BCUT2D eigenvalue weighted by Crippen LogP contribution is 2.45. The molecule has 0 aromatic carbocycles. The number of hydrogen-bond donors (Lipinski definition) is 3. The molecular formula is C28H53N5O3. The largest absolute Gasteiger partial charge is 0.390 e. The van der Waals surface area contributed by atoms with Gasteiger partial charge in [0.25, 0.3) is 5.91 Å². The Hall–Kier alpha value is -1.22. The number of unbranched alkanes of at least 4 members (excludes halogenated alkanes) is 1. The number of β-amino-alcohol motifs (C(OH)–C–C–N with tert-alkyl or cyclic N) is 1. The number of amides is 3. The second-order valence-electron chi connectivity index (χ2n) is 14.4. The zero-order valence-electron chi connectivity index (χ0n) is 24.6. The number of hydrogen-bond acceptors (Lipinski definition) is 6. The predicted octanol–water partition coefficient (Wildman–Crippen LogP) is 3.33. The lowest BCUT2D eigenvalue weighted by molar-refractivity contribution is -0.140. The number of aliphatic hydroxyl groups excluding tert-OH is 1. The molecular weight excluding hydrogens is 454 g/mol. The lowest BCUT2D eigenvalue weighted by Gasteiger charge is -2.56. The van der Waals surface area contributed by atoms with Crippen LogP contribution in [0.3, 0.4) is 0 Å². The van der Waals surface area contributed by atoms with Crippen LogP contribution in [0.2, 0.25) is 0 Å². The highest BCUT2D eigenvalue weighted by molar-refractivity contribution is 6.07. The van der Waals surface area contributed by atoms with Crippen LogP contribution in [0.25, 0.3) is 0 Å². The van der Waals surface area contributed by atoms with E-state index < -0.39 is 11.6 Å². The molecule has 0 aromatic heterocycles. The molecule has 36 heavy (non-hydrogen) atoms. The first-order valence-corrected chi connectivity index (χ1v) is 13.9. The molecule has 1 atom stereocenters. The minimum absolute atomic E-state index is 0.00671. The molecule has 0 radical (unpaired) electrons. The number of likely N-dealkylation sites (tertiary alicyclic amines) is 1. The van der Waals surface area contributed by atoms with Gasteiger partial charge in [0.15, 0.2) is 0 Å². The van der Waals surface area contributed by atoms with Crippen LogP contribution in [0, 0.1) is 0 Å². The molecule has 3 N–H and O–H groups in total. The summed E-state index contributed by atoms with van der Waals surface area (Å²) in [5.41, 5.74) is -1.39. The molecule has 1 spiro atoms. The number of aliphatic hydroxyl groups is 1. The first kappa shape index (κ1) is 29.3. The van der Waals surface area contributed by atoms with Crippen molar-refractivity contribution in [2.24, 2.45) is 0 Å². The van der Waals surface area contributed by atoms with Crippen LogP contribution in [0.15, 0.2) is 0 Å². The number of imide groups is 1. The molecule has 0 bridgehead atoms. The van der Waals surface area contributed by atoms with Gasteiger partial charge in [-0.2, -0.15) is 0 Å². The summed E-state index contributed by atoms with van der Waals surface area (Å²) in [6.07, 6.45) is 4.45. The van der Waals surface area contributed by atoms with Gasteiger partial charge in [-0.25, -0.2) is 4.79 Å². The molecule has 3 aliphatic heterocycles. The lowest BCUT2D eigenvalue weighted by Crippen LogP contribution is -2.68. The van der Waals surface area contributed by atoms with Gasteiger partial charge < -0.3 is 15.7 Å². The van der Waals surface area contributed by atoms with E-state index >= 15 is 0 Å². The second kappa shape index (κ2) is 9.83. The minimum Gasteiger partial charge on any atom is -0.390 e. The van der Waals surface area contributed by atoms with Crippen molar-refractivity contribution in [1.29, 1.82) is 0 Å². The van der Waals surface area contributed by atoms with E-state index in [1.54, 1.807) is 0 Å². The Morgan fingerprint density at radius 3 is 2.03 bits per heavy atom. The van der Waals surface area contributed by atoms with Gasteiger partial charge in [-0.05, 0) is 101 Å². The van der Waals surface area contributed by atoms with Crippen molar-refractivity contribution in [3.8, 4) is 0 Å². The van der Waals surface area contributed by atoms with Crippen molar-refractivity contribution in [3.63, 3.8) is 0 Å². The highest BCUT2D eigenvalue weighted by atomic mass is 16.3. The van der Waals surface area contributed by atoms with Gasteiger partial charge in [0.2, 0.25) is 0 Å². The number of rotatable bonds is 8. The Morgan fingerprint density at radius 2 is 1.53 bits per heavy atom. The summed E-state index contributed by atoms with van der Waals surface area (Å²) in [6.45, 7) is 21.1. The molecule has 3 amide bonds. The van der Waals surface area contributed by atoms with Gasteiger partial charge in [-0.1, -0.05) is 13.3 Å². The monoisotopic (exact) mass is 507 g/mol. The summed E-state index contributed by atoms with van der Waals surface area (Å²) >= 11 is 0. The topological polar surface area (TPSA) is 88.2 Å². The number of nitrogens with zero attached hydrogens (tertiary/aromatic N) is 3. The van der Waals surface area contributed by atoms with Crippen molar-refractivity contribution < 1.29 is 14.7 Å². The van der Waals surface area contributed by atoms with Crippen LogP contribution in [-0.2, 0) is 4.79 Å². The molecule has 3 saturated heterocycles. The first-order chi connectivity index (χ1) is 16.3. The normalized spacial score (nSPS) is 28.1. The molecule has 8 heteroatoms. The van der Waals surface area contributed by atoms with Crippen molar-refractivity contribution in [1.82, 2.24) is 25.3 Å². The quantitative estimate of drug-likeness (QED) is 0.437. The fraction of sp³-hybridized carbons (Fsp3) is 0.929. The van der Waals surface area contributed by atoms with Gasteiger partial charge in [-0.15, -0.1) is 0 Å². The van der Waals surface area contributed by atoms with Gasteiger partial charge in [-0.3, -0.25) is 19.5 Å². The third-order valence-electron chi connectivity index (χ3n) is 8.85. The van der Waals surface area contributed by atoms with E-state index in [-0.39, 0.29) is 40.6 Å². The Balaban J connectivity index is 1.74. The molecule has 8 nitrogen and oxygen atoms in total. The molecule has 3 rings (SSSR count). The fourth-order valence-corrected chi connectivity index (χ4v) is 7.53. The van der Waals surface area contributed by atoms with Crippen LogP contribution >= 0.6 is 0 Å². The molecule has 0 aliphatic carbocycles. The van der Waals surface area contributed by atoms with Crippen molar-refractivity contribution >= 4 is 11.9 Å². The maximum absolute atomic E-state index is 13.7. The maximum Gasteiger partial charge on any atom is 0.325 e. The number of carbonyl (C=O) groups excluding carboxylic acids is 2. The van der Waals surface area contributed by atoms with Crippen LogP contribution in [0.1, 0.15) is 101 Å². The van der Waals surface area contributed by atoms with E-state index in [9.17, 15) is 14.7 Å². The van der Waals surface area contributed by atoms with Crippen molar-refractivity contribution in [2.75, 3.05) is 26.7 Å². The second-order valence-corrected chi connectivity index (χ2v) is 14.4. The van der Waals surface area contributed by atoms with E-state index in [0.29, 0.717) is 25.4 Å². The predicted molar refractivity (Wildman–Crippen MR) is 145 cm³/mol. The molecule has 1 unspecified atom stereocenters. The molecule has 3 aliphatic rings. The lowest BCUT2D eigenvalue weighted by atomic mass is 9.69. The number of carbonyl (C=O) groups is 2. The molecule has 3 heterocycles. The van der Waals surface area contributed by atoms with E-state index in [2.05, 4.69) is 89.8 Å². The number of urea groups is 1. The molecule has 3 fully saturated rings. The maximum atomic E-state index is 13.7. The summed E-state index contributed by atoms with van der Waals surface area (Å²) in [6, 6.07) is -0.0400. The third-order valence-corrected chi connectivity index (χ3v) is 8.85. The number of piperidine rings is 2. The third kappa shape index (κ3) is 6.08. The van der Waals surface area contributed by atoms with Gasteiger partial charge >= 0.3 is 6.03 Å². The Morgan fingerprint density at radius 1 is 1.00 bits per heavy atom. The van der Waals surface area contributed by atoms with Crippen LogP contribution in [0.5, 0.6) is 0 Å². The van der Waals surface area contributed by atoms with Crippen LogP contribution in [-0.4, -0.2) is 98.3 Å². The molecule has 0 aromatic rings. The zero-order chi connectivity index (χ0) is 27.3. The van der Waals surface area contributed by atoms with E-state index in [1.165, 1.54) is 4.90 Å². The Kier molecular flexibility index (Phi) is 8.01. The van der Waals surface area contributed by atoms with Crippen molar-refractivity contribution in [3.05, 3.63) is 0 Å². The zero-order valence-corrected chi connectivity index (χ0v) is 24.6. The standard InChI is InChI=1S/C28H53N5O3/c1-11-12-13-32(20-14-24(2,3)30-25(4,5)15-20)16-21(34)17-33-22(35)28(29-23(33)36)18-26(6,7)31(10)27(8,9)19-28/h20-21,30,34H,11-19H2,1-10H3,(H,29,36). The van der Waals surface area contributed by atoms with E-state index in [0.717, 1.165) is 32.2 Å². The molecule has 208 valence electrons. The van der Waals surface area contributed by atoms with Crippen LogP contribution in [0.4, 0.5) is 4.79 Å². The first-order valence-electron chi connectivity index (χ1n) is 13.9. The van der Waals surface area contributed by atoms with Crippen LogP contribution < -0.4 is 10.6 Å². The smallest absolute Gasteiger partial charge is 0.325 e. The minimum atomic E-state index is -0.915. The highest BCUT2D eigenvalue weighted by Gasteiger charge is 2.60. The number of nitrogens with one attached hydrogen (secondary N) is 2. The van der Waals surface area contributed by atoms with Crippen molar-refractivity contribution in [2.45, 2.75) is 141 Å². The average Bonchev–Trinajstić information content (AvgIpc) is 2.89. The SMILES string of the molecule is CCCCN(CC(O)CN1C(=O)NC2(CC(C)(C)N(C)C(C)(C)C2)C1=O)C1CC(C)(C)NC(C)(C)C1. The summed E-state index contributed by atoms with van der Waals surface area (Å²) in [5, 5.41) is 18.0. The summed E-state index contributed by atoms with van der Waals surface area (Å²) in [7, 11) is 2.09. The molecule has 0 saturated carbocycles. The van der Waals surface area contributed by atoms with Gasteiger partial charge in [0.05, 0.1) is 12.6 Å². The average molecular weight is 508 g/mol. The Labute approximate surface area is 219 Å². The summed E-state index contributed by atoms with van der Waals surface area (Å²) in [5.74, 6) is -0.190. The van der Waals surface area contributed by atoms with E-state index in [1.807, 2.05) is 0 Å². The fourth-order valence-electron chi connectivity index (χ4n) is 7.53.